The third-order valence-electron chi connectivity index (χ3n) is 2.22. The number of hydrogen-bond donors (Lipinski definition) is 2. The largest absolute Gasteiger partial charge is 0.393 e. The van der Waals surface area contributed by atoms with E-state index in [1.807, 2.05) is 0 Å². The molecule has 0 amide bonds. The van der Waals surface area contributed by atoms with Crippen LogP contribution >= 0.6 is 0 Å². The minimum Gasteiger partial charge on any atom is -0.393 e. The smallest absolute Gasteiger partial charge is 0.0555 e. The molecule has 1 saturated carbocycles. The van der Waals surface area contributed by atoms with Crippen LogP contribution in [0.2, 0.25) is 0 Å². The lowest BCUT2D eigenvalue weighted by molar-refractivity contribution is 0.110. The van der Waals surface area contributed by atoms with Gasteiger partial charge in [-0.15, -0.1) is 0 Å². The van der Waals surface area contributed by atoms with Crippen molar-refractivity contribution >= 4 is 0 Å². The van der Waals surface area contributed by atoms with Gasteiger partial charge < -0.3 is 10.4 Å². The second kappa shape index (κ2) is 4.07. The van der Waals surface area contributed by atoms with E-state index in [4.69, 9.17) is 0 Å². The van der Waals surface area contributed by atoms with E-state index < -0.39 is 0 Å². The molecule has 2 nitrogen and oxygen atoms in total. The topological polar surface area (TPSA) is 32.3 Å². The number of rotatable bonds is 2. The minimum atomic E-state index is -0.0556. The SMILES string of the molecule is CC(C)N[C@H]1CCC[C@H](O)C1. The first-order valence-corrected chi connectivity index (χ1v) is 4.62. The second-order valence-corrected chi connectivity index (χ2v) is 3.84. The molecule has 0 aromatic heterocycles. The molecule has 0 aromatic carbocycles. The first-order chi connectivity index (χ1) is 5.18. The predicted octanol–water partition coefficient (Wildman–Crippen LogP) is 1.29. The van der Waals surface area contributed by atoms with Crippen molar-refractivity contribution in [2.75, 3.05) is 0 Å². The Morgan fingerprint density at radius 2 is 2.09 bits per heavy atom. The van der Waals surface area contributed by atoms with Crippen LogP contribution in [-0.4, -0.2) is 23.3 Å². The maximum Gasteiger partial charge on any atom is 0.0555 e. The lowest BCUT2D eigenvalue weighted by atomic mass is 9.93. The molecule has 66 valence electrons. The quantitative estimate of drug-likeness (QED) is 0.633. The van der Waals surface area contributed by atoms with E-state index in [0.717, 1.165) is 12.8 Å². The van der Waals surface area contributed by atoms with E-state index in [1.165, 1.54) is 12.8 Å². The zero-order chi connectivity index (χ0) is 8.27. The Labute approximate surface area is 69.0 Å². The van der Waals surface area contributed by atoms with Crippen LogP contribution in [0.4, 0.5) is 0 Å². The molecular weight excluding hydrogens is 138 g/mol. The highest BCUT2D eigenvalue weighted by Crippen LogP contribution is 2.18. The number of aliphatic hydroxyl groups is 1. The molecule has 1 rings (SSSR count). The average Bonchev–Trinajstić information content (AvgIpc) is 1.85. The van der Waals surface area contributed by atoms with Crippen LogP contribution in [-0.2, 0) is 0 Å². The summed E-state index contributed by atoms with van der Waals surface area (Å²) >= 11 is 0. The molecule has 0 bridgehead atoms. The molecule has 2 N–H and O–H groups in total. The standard InChI is InChI=1S/C9H19NO/c1-7(2)10-8-4-3-5-9(11)6-8/h7-11H,3-6H2,1-2H3/t8-,9-/m0/s1. The number of aliphatic hydroxyl groups excluding tert-OH is 1. The van der Waals surface area contributed by atoms with Crippen LogP contribution in [0.5, 0.6) is 0 Å². The molecule has 0 aliphatic heterocycles. The van der Waals surface area contributed by atoms with E-state index in [9.17, 15) is 5.11 Å². The summed E-state index contributed by atoms with van der Waals surface area (Å²) in [4.78, 5) is 0. The Morgan fingerprint density at radius 1 is 1.36 bits per heavy atom. The Hall–Kier alpha value is -0.0800. The second-order valence-electron chi connectivity index (χ2n) is 3.84. The summed E-state index contributed by atoms with van der Waals surface area (Å²) in [5, 5.41) is 12.8. The lowest BCUT2D eigenvalue weighted by Gasteiger charge is -2.28. The lowest BCUT2D eigenvalue weighted by Crippen LogP contribution is -2.39. The monoisotopic (exact) mass is 157 g/mol. The fraction of sp³-hybridized carbons (Fsp3) is 1.00. The summed E-state index contributed by atoms with van der Waals surface area (Å²) < 4.78 is 0. The summed E-state index contributed by atoms with van der Waals surface area (Å²) in [6.07, 6.45) is 4.29. The Bertz CT molecular complexity index is 112. The minimum absolute atomic E-state index is 0.0556. The van der Waals surface area contributed by atoms with E-state index >= 15 is 0 Å². The van der Waals surface area contributed by atoms with E-state index in [1.54, 1.807) is 0 Å². The van der Waals surface area contributed by atoms with Crippen LogP contribution in [0.3, 0.4) is 0 Å². The zero-order valence-corrected chi connectivity index (χ0v) is 7.51. The summed E-state index contributed by atoms with van der Waals surface area (Å²) in [5.74, 6) is 0. The molecule has 1 aliphatic carbocycles. The summed E-state index contributed by atoms with van der Waals surface area (Å²) in [6, 6.07) is 1.10. The van der Waals surface area contributed by atoms with Crippen molar-refractivity contribution in [3.63, 3.8) is 0 Å². The normalized spacial score (nSPS) is 32.7. The van der Waals surface area contributed by atoms with Crippen LogP contribution in [0.1, 0.15) is 39.5 Å². The van der Waals surface area contributed by atoms with Crippen molar-refractivity contribution in [2.45, 2.75) is 57.7 Å². The van der Waals surface area contributed by atoms with Crippen LogP contribution < -0.4 is 5.32 Å². The van der Waals surface area contributed by atoms with Crippen LogP contribution in [0.25, 0.3) is 0 Å². The van der Waals surface area contributed by atoms with Gasteiger partial charge in [0.05, 0.1) is 6.10 Å². The zero-order valence-electron chi connectivity index (χ0n) is 7.51. The van der Waals surface area contributed by atoms with Crippen molar-refractivity contribution in [2.24, 2.45) is 0 Å². The molecule has 0 aromatic rings. The number of nitrogens with one attached hydrogen (secondary N) is 1. The molecule has 11 heavy (non-hydrogen) atoms. The Balaban J connectivity index is 2.23. The molecular formula is C9H19NO. The maximum absolute atomic E-state index is 9.35. The molecule has 0 spiro atoms. The van der Waals surface area contributed by atoms with Gasteiger partial charge in [-0.3, -0.25) is 0 Å². The van der Waals surface area contributed by atoms with Gasteiger partial charge in [0.2, 0.25) is 0 Å². The fourth-order valence-electron chi connectivity index (χ4n) is 1.79. The molecule has 0 unspecified atom stereocenters. The predicted molar refractivity (Wildman–Crippen MR) is 46.5 cm³/mol. The molecule has 1 fully saturated rings. The van der Waals surface area contributed by atoms with Gasteiger partial charge in [-0.05, 0) is 25.7 Å². The van der Waals surface area contributed by atoms with Crippen LogP contribution in [0, 0.1) is 0 Å². The molecule has 1 aliphatic rings. The van der Waals surface area contributed by atoms with Gasteiger partial charge in [0.25, 0.3) is 0 Å². The van der Waals surface area contributed by atoms with Gasteiger partial charge in [-0.1, -0.05) is 13.8 Å². The van der Waals surface area contributed by atoms with Gasteiger partial charge in [0.15, 0.2) is 0 Å². The molecule has 0 heterocycles. The van der Waals surface area contributed by atoms with Gasteiger partial charge in [0.1, 0.15) is 0 Å². The van der Waals surface area contributed by atoms with Gasteiger partial charge >= 0.3 is 0 Å². The Kier molecular flexibility index (Phi) is 3.34. The van der Waals surface area contributed by atoms with Crippen LogP contribution in [0.15, 0.2) is 0 Å². The summed E-state index contributed by atoms with van der Waals surface area (Å²) in [7, 11) is 0. The van der Waals surface area contributed by atoms with Crippen molar-refractivity contribution < 1.29 is 5.11 Å². The Morgan fingerprint density at radius 3 is 2.64 bits per heavy atom. The summed E-state index contributed by atoms with van der Waals surface area (Å²) in [5.41, 5.74) is 0. The third kappa shape index (κ3) is 3.21. The highest BCUT2D eigenvalue weighted by molar-refractivity contribution is 4.78. The first-order valence-electron chi connectivity index (χ1n) is 4.62. The van der Waals surface area contributed by atoms with E-state index in [2.05, 4.69) is 19.2 Å². The van der Waals surface area contributed by atoms with Crippen molar-refractivity contribution in [1.29, 1.82) is 0 Å². The maximum atomic E-state index is 9.35. The van der Waals surface area contributed by atoms with E-state index in [-0.39, 0.29) is 6.10 Å². The molecule has 2 heteroatoms. The third-order valence-corrected chi connectivity index (χ3v) is 2.22. The highest BCUT2D eigenvalue weighted by Gasteiger charge is 2.19. The molecule has 0 saturated heterocycles. The first kappa shape index (κ1) is 9.01. The molecule has 0 radical (unpaired) electrons. The van der Waals surface area contributed by atoms with Gasteiger partial charge in [0, 0.05) is 12.1 Å². The van der Waals surface area contributed by atoms with Gasteiger partial charge in [-0.25, -0.2) is 0 Å². The van der Waals surface area contributed by atoms with Crippen molar-refractivity contribution in [1.82, 2.24) is 5.32 Å². The number of hydrogen-bond acceptors (Lipinski definition) is 2. The fourth-order valence-corrected chi connectivity index (χ4v) is 1.79. The average molecular weight is 157 g/mol. The van der Waals surface area contributed by atoms with Crippen molar-refractivity contribution in [3.8, 4) is 0 Å². The molecule has 2 atom stereocenters. The van der Waals surface area contributed by atoms with E-state index in [0.29, 0.717) is 12.1 Å². The summed E-state index contributed by atoms with van der Waals surface area (Å²) in [6.45, 7) is 4.31. The van der Waals surface area contributed by atoms with Gasteiger partial charge in [-0.2, -0.15) is 0 Å². The highest BCUT2D eigenvalue weighted by atomic mass is 16.3. The van der Waals surface area contributed by atoms with Crippen molar-refractivity contribution in [3.05, 3.63) is 0 Å².